The number of carboxylic acid groups (broad SMARTS) is 1. The first kappa shape index (κ1) is 19.7. The third-order valence-electron chi connectivity index (χ3n) is 3.12. The molecule has 0 fully saturated rings. The van der Waals surface area contributed by atoms with Crippen molar-refractivity contribution in [1.82, 2.24) is 10.6 Å². The molecule has 9 heteroatoms. The number of amides is 2. The van der Waals surface area contributed by atoms with Crippen LogP contribution in [0.4, 0.5) is 0 Å². The van der Waals surface area contributed by atoms with Crippen molar-refractivity contribution >= 4 is 30.4 Å². The molecule has 122 valence electrons. The molecular formula is C12H23N3O5S. The molecule has 0 aromatic heterocycles. The van der Waals surface area contributed by atoms with Crippen molar-refractivity contribution in [3.05, 3.63) is 0 Å². The molecule has 0 aromatic rings. The van der Waals surface area contributed by atoms with E-state index in [1.807, 2.05) is 6.92 Å². The summed E-state index contributed by atoms with van der Waals surface area (Å²) in [5.41, 5.74) is 5.38. The summed E-state index contributed by atoms with van der Waals surface area (Å²) >= 11 is 3.85. The molecule has 0 saturated heterocycles. The molecule has 0 aromatic carbocycles. The van der Waals surface area contributed by atoms with Gasteiger partial charge in [-0.25, -0.2) is 4.79 Å². The Morgan fingerprint density at radius 1 is 1.24 bits per heavy atom. The van der Waals surface area contributed by atoms with E-state index in [-0.39, 0.29) is 11.7 Å². The third-order valence-corrected chi connectivity index (χ3v) is 3.49. The SMILES string of the molecule is CC[C@H](C)[C@H](NC(=O)[C@@H](N)CO)C(=O)N[C@@H](CS)C(=O)O. The van der Waals surface area contributed by atoms with Gasteiger partial charge in [-0.05, 0) is 5.92 Å². The van der Waals surface area contributed by atoms with Crippen LogP contribution in [0.15, 0.2) is 0 Å². The van der Waals surface area contributed by atoms with Crippen molar-refractivity contribution < 1.29 is 24.6 Å². The zero-order valence-corrected chi connectivity index (χ0v) is 13.0. The van der Waals surface area contributed by atoms with Crippen LogP contribution < -0.4 is 16.4 Å². The zero-order chi connectivity index (χ0) is 16.6. The molecule has 0 heterocycles. The van der Waals surface area contributed by atoms with Crippen LogP contribution in [0.5, 0.6) is 0 Å². The Balaban J connectivity index is 4.94. The number of carboxylic acids is 1. The largest absolute Gasteiger partial charge is 0.480 e. The standard InChI is InChI=1S/C12H23N3O5S/c1-3-6(2)9(15-10(17)7(13)4-16)11(18)14-8(5-21)12(19)20/h6-9,16,21H,3-5,13H2,1-2H3,(H,14,18)(H,15,17)(H,19,20)/t6-,7-,8-,9-/m0/s1. The lowest BCUT2D eigenvalue weighted by Crippen LogP contribution is -2.57. The quantitative estimate of drug-likeness (QED) is 0.281. The van der Waals surface area contributed by atoms with Crippen LogP contribution in [0.2, 0.25) is 0 Å². The Morgan fingerprint density at radius 3 is 2.19 bits per heavy atom. The number of hydrogen-bond acceptors (Lipinski definition) is 6. The summed E-state index contributed by atoms with van der Waals surface area (Å²) in [4.78, 5) is 34.7. The summed E-state index contributed by atoms with van der Waals surface area (Å²) in [7, 11) is 0. The molecule has 0 bridgehead atoms. The van der Waals surface area contributed by atoms with Crippen molar-refractivity contribution in [2.75, 3.05) is 12.4 Å². The van der Waals surface area contributed by atoms with E-state index in [4.69, 9.17) is 15.9 Å². The summed E-state index contributed by atoms with van der Waals surface area (Å²) in [6.07, 6.45) is 0.589. The fourth-order valence-corrected chi connectivity index (χ4v) is 1.74. The predicted molar refractivity (Wildman–Crippen MR) is 79.9 cm³/mol. The first-order valence-electron chi connectivity index (χ1n) is 6.59. The summed E-state index contributed by atoms with van der Waals surface area (Å²) in [5.74, 6) is -2.80. The van der Waals surface area contributed by atoms with E-state index in [2.05, 4.69) is 23.3 Å². The topological polar surface area (TPSA) is 142 Å². The maximum absolute atomic E-state index is 12.1. The molecule has 4 atom stereocenters. The zero-order valence-electron chi connectivity index (χ0n) is 12.1. The van der Waals surface area contributed by atoms with Gasteiger partial charge in [0.05, 0.1) is 6.61 Å². The van der Waals surface area contributed by atoms with Crippen LogP contribution >= 0.6 is 12.6 Å². The predicted octanol–water partition coefficient (Wildman–Crippen LogP) is -1.66. The van der Waals surface area contributed by atoms with Gasteiger partial charge >= 0.3 is 5.97 Å². The van der Waals surface area contributed by atoms with E-state index < -0.39 is 42.5 Å². The lowest BCUT2D eigenvalue weighted by atomic mass is 9.97. The molecular weight excluding hydrogens is 298 g/mol. The number of aliphatic carboxylic acids is 1. The summed E-state index contributed by atoms with van der Waals surface area (Å²) in [6, 6.07) is -3.21. The first-order valence-corrected chi connectivity index (χ1v) is 7.22. The van der Waals surface area contributed by atoms with Crippen LogP contribution in [-0.4, -0.2) is 58.5 Å². The maximum atomic E-state index is 12.1. The number of thiol groups is 1. The normalized spacial score (nSPS) is 16.4. The summed E-state index contributed by atoms with van der Waals surface area (Å²) in [5, 5.41) is 22.5. The molecule has 0 aliphatic heterocycles. The van der Waals surface area contributed by atoms with Gasteiger partial charge in [-0.2, -0.15) is 12.6 Å². The van der Waals surface area contributed by atoms with Crippen molar-refractivity contribution in [3.63, 3.8) is 0 Å². The summed E-state index contributed by atoms with van der Waals surface area (Å²) < 4.78 is 0. The minimum atomic E-state index is -1.21. The van der Waals surface area contributed by atoms with Crippen LogP contribution in [0.1, 0.15) is 20.3 Å². The molecule has 0 saturated carbocycles. The first-order chi connectivity index (χ1) is 9.78. The number of rotatable bonds is 9. The molecule has 0 radical (unpaired) electrons. The number of carbonyl (C=O) groups excluding carboxylic acids is 2. The highest BCUT2D eigenvalue weighted by Gasteiger charge is 2.30. The van der Waals surface area contributed by atoms with Crippen LogP contribution in [0.3, 0.4) is 0 Å². The van der Waals surface area contributed by atoms with Gasteiger partial charge in [0, 0.05) is 5.75 Å². The number of nitrogens with two attached hydrogens (primary N) is 1. The molecule has 21 heavy (non-hydrogen) atoms. The summed E-state index contributed by atoms with van der Waals surface area (Å²) in [6.45, 7) is 3.02. The van der Waals surface area contributed by atoms with Gasteiger partial charge in [0.1, 0.15) is 18.1 Å². The second-order valence-electron chi connectivity index (χ2n) is 4.74. The molecule has 0 unspecified atom stereocenters. The van der Waals surface area contributed by atoms with E-state index in [1.54, 1.807) is 6.92 Å². The van der Waals surface area contributed by atoms with Gasteiger partial charge in [-0.3, -0.25) is 9.59 Å². The monoisotopic (exact) mass is 321 g/mol. The lowest BCUT2D eigenvalue weighted by Gasteiger charge is -2.26. The molecule has 8 nitrogen and oxygen atoms in total. The Labute approximate surface area is 128 Å². The average Bonchev–Trinajstić information content (AvgIpc) is 2.47. The van der Waals surface area contributed by atoms with Crippen molar-refractivity contribution in [2.24, 2.45) is 11.7 Å². The fourth-order valence-electron chi connectivity index (χ4n) is 1.49. The Morgan fingerprint density at radius 2 is 1.81 bits per heavy atom. The van der Waals surface area contributed by atoms with E-state index in [0.717, 1.165) is 0 Å². The van der Waals surface area contributed by atoms with E-state index in [9.17, 15) is 14.4 Å². The van der Waals surface area contributed by atoms with Gasteiger partial charge in [0.2, 0.25) is 11.8 Å². The van der Waals surface area contributed by atoms with E-state index in [0.29, 0.717) is 6.42 Å². The Hall–Kier alpha value is -1.32. The van der Waals surface area contributed by atoms with Crippen molar-refractivity contribution in [1.29, 1.82) is 0 Å². The second kappa shape index (κ2) is 9.59. The fraction of sp³-hybridized carbons (Fsp3) is 0.750. The van der Waals surface area contributed by atoms with Crippen LogP contribution in [0, 0.1) is 5.92 Å². The highest BCUT2D eigenvalue weighted by atomic mass is 32.1. The Bertz CT molecular complexity index is 380. The number of aliphatic hydroxyl groups excluding tert-OH is 1. The van der Waals surface area contributed by atoms with E-state index in [1.165, 1.54) is 0 Å². The molecule has 0 rings (SSSR count). The third kappa shape index (κ3) is 6.32. The highest BCUT2D eigenvalue weighted by Crippen LogP contribution is 2.09. The minimum absolute atomic E-state index is 0.0710. The number of hydrogen-bond donors (Lipinski definition) is 6. The molecule has 0 aliphatic carbocycles. The van der Waals surface area contributed by atoms with E-state index >= 15 is 0 Å². The minimum Gasteiger partial charge on any atom is -0.480 e. The average molecular weight is 321 g/mol. The van der Waals surface area contributed by atoms with Gasteiger partial charge in [0.25, 0.3) is 0 Å². The number of carbonyl (C=O) groups is 3. The van der Waals surface area contributed by atoms with Crippen molar-refractivity contribution in [3.8, 4) is 0 Å². The lowest BCUT2D eigenvalue weighted by molar-refractivity contribution is -0.141. The van der Waals surface area contributed by atoms with Gasteiger partial charge in [-0.1, -0.05) is 20.3 Å². The highest BCUT2D eigenvalue weighted by molar-refractivity contribution is 7.80. The maximum Gasteiger partial charge on any atom is 0.327 e. The number of aliphatic hydroxyl groups is 1. The molecule has 6 N–H and O–H groups in total. The van der Waals surface area contributed by atoms with Crippen molar-refractivity contribution in [2.45, 2.75) is 38.4 Å². The van der Waals surface area contributed by atoms with Crippen LogP contribution in [-0.2, 0) is 14.4 Å². The molecule has 2 amide bonds. The molecule has 0 spiro atoms. The van der Waals surface area contributed by atoms with Crippen LogP contribution in [0.25, 0.3) is 0 Å². The van der Waals surface area contributed by atoms with Gasteiger partial charge < -0.3 is 26.6 Å². The van der Waals surface area contributed by atoms with Gasteiger partial charge in [0.15, 0.2) is 0 Å². The smallest absolute Gasteiger partial charge is 0.327 e. The second-order valence-corrected chi connectivity index (χ2v) is 5.11. The molecule has 0 aliphatic rings. The Kier molecular flexibility index (Phi) is 8.98. The number of nitrogens with one attached hydrogen (secondary N) is 2. The van der Waals surface area contributed by atoms with Gasteiger partial charge in [-0.15, -0.1) is 0 Å².